The Morgan fingerprint density at radius 3 is 2.57 bits per heavy atom. The molecule has 6 heteroatoms. The molecule has 2 N–H and O–H groups in total. The number of aromatic amines is 1. The monoisotopic (exact) mass is 260 g/mol. The van der Waals surface area contributed by atoms with Crippen LogP contribution in [0.15, 0.2) is 16.9 Å². The number of anilines is 1. The zero-order valence-electron chi connectivity index (χ0n) is 7.69. The van der Waals surface area contributed by atoms with Crippen molar-refractivity contribution in [3.63, 3.8) is 0 Å². The van der Waals surface area contributed by atoms with Gasteiger partial charge in [0.2, 0.25) is 0 Å². The molecule has 1 fully saturated rings. The molecule has 0 bridgehead atoms. The summed E-state index contributed by atoms with van der Waals surface area (Å²) in [4.78, 5) is 12.9. The van der Waals surface area contributed by atoms with Crippen molar-refractivity contribution < 1.29 is 0 Å². The molecule has 1 aliphatic rings. The Kier molecular flexibility index (Phi) is 4.09. The van der Waals surface area contributed by atoms with Crippen molar-refractivity contribution in [2.75, 3.05) is 31.1 Å². The number of piperazine rings is 1. The van der Waals surface area contributed by atoms with E-state index in [1.807, 2.05) is 0 Å². The Morgan fingerprint density at radius 2 is 2.00 bits per heavy atom. The van der Waals surface area contributed by atoms with E-state index in [4.69, 9.17) is 0 Å². The molecule has 0 spiro atoms. The first kappa shape index (κ1) is 11.2. The molecule has 1 aromatic heterocycles. The lowest BCUT2D eigenvalue weighted by Gasteiger charge is -2.27. The summed E-state index contributed by atoms with van der Waals surface area (Å²) < 4.78 is 0. The Labute approximate surface area is 92.3 Å². The largest absolute Gasteiger partial charge is 0.353 e. The fraction of sp³-hybridized carbons (Fsp3) is 0.500. The van der Waals surface area contributed by atoms with E-state index in [9.17, 15) is 4.79 Å². The molecule has 0 amide bonds. The van der Waals surface area contributed by atoms with Gasteiger partial charge in [-0.3, -0.25) is 4.79 Å². The second-order valence-corrected chi connectivity index (χ2v) is 3.02. The van der Waals surface area contributed by atoms with Crippen LogP contribution in [0, 0.1) is 0 Å². The van der Waals surface area contributed by atoms with Gasteiger partial charge in [-0.25, -0.2) is 5.10 Å². The summed E-state index contributed by atoms with van der Waals surface area (Å²) in [7, 11) is 0. The molecule has 1 aromatic rings. The van der Waals surface area contributed by atoms with Crippen LogP contribution in [0.5, 0.6) is 0 Å². The maximum absolute atomic E-state index is 10.8. The van der Waals surface area contributed by atoms with Gasteiger partial charge in [-0.1, -0.05) is 0 Å². The van der Waals surface area contributed by atoms with Gasteiger partial charge in [-0.05, 0) is 6.07 Å². The lowest BCUT2D eigenvalue weighted by molar-refractivity contribution is 0.582. The Morgan fingerprint density at radius 1 is 1.29 bits per heavy atom. The standard InChI is InChI=1S/C8H12N4O.BrH/c13-8-2-1-7(10-11-8)12-5-3-9-4-6-12;/h1-2,9H,3-6H2,(H,11,13);1H. The molecule has 1 aliphatic heterocycles. The quantitative estimate of drug-likeness (QED) is 0.732. The molecule has 0 atom stereocenters. The van der Waals surface area contributed by atoms with E-state index in [2.05, 4.69) is 20.4 Å². The molecule has 0 unspecified atom stereocenters. The second-order valence-electron chi connectivity index (χ2n) is 3.02. The van der Waals surface area contributed by atoms with Crippen LogP contribution in [0.2, 0.25) is 0 Å². The molecule has 0 aliphatic carbocycles. The molecular formula is C8H13BrN4O. The van der Waals surface area contributed by atoms with Crippen LogP contribution in [0.4, 0.5) is 5.82 Å². The third kappa shape index (κ3) is 2.55. The van der Waals surface area contributed by atoms with Gasteiger partial charge in [0, 0.05) is 32.2 Å². The van der Waals surface area contributed by atoms with Crippen molar-refractivity contribution in [1.29, 1.82) is 0 Å². The highest BCUT2D eigenvalue weighted by atomic mass is 79.9. The summed E-state index contributed by atoms with van der Waals surface area (Å²) in [5.74, 6) is 0.848. The van der Waals surface area contributed by atoms with Crippen molar-refractivity contribution in [2.24, 2.45) is 0 Å². The Bertz CT molecular complexity index is 314. The highest BCUT2D eigenvalue weighted by molar-refractivity contribution is 8.93. The lowest BCUT2D eigenvalue weighted by Crippen LogP contribution is -2.44. The number of aromatic nitrogens is 2. The number of nitrogens with one attached hydrogen (secondary N) is 2. The molecule has 0 radical (unpaired) electrons. The maximum atomic E-state index is 10.8. The van der Waals surface area contributed by atoms with E-state index >= 15 is 0 Å². The van der Waals surface area contributed by atoms with Gasteiger partial charge in [0.15, 0.2) is 0 Å². The first-order valence-corrected chi connectivity index (χ1v) is 4.38. The van der Waals surface area contributed by atoms with Gasteiger partial charge in [-0.2, -0.15) is 5.10 Å². The smallest absolute Gasteiger partial charge is 0.264 e. The van der Waals surface area contributed by atoms with Gasteiger partial charge in [0.05, 0.1) is 0 Å². The van der Waals surface area contributed by atoms with Gasteiger partial charge in [0.1, 0.15) is 5.82 Å². The van der Waals surface area contributed by atoms with Crippen molar-refractivity contribution in [3.05, 3.63) is 22.5 Å². The van der Waals surface area contributed by atoms with E-state index in [1.54, 1.807) is 6.07 Å². The highest BCUT2D eigenvalue weighted by Gasteiger charge is 2.10. The molecule has 0 aromatic carbocycles. The predicted octanol–water partition coefficient (Wildman–Crippen LogP) is -0.243. The number of hydrogen-bond acceptors (Lipinski definition) is 4. The highest BCUT2D eigenvalue weighted by Crippen LogP contribution is 2.06. The molecule has 78 valence electrons. The van der Waals surface area contributed by atoms with Crippen LogP contribution in [0.25, 0.3) is 0 Å². The number of rotatable bonds is 1. The first-order valence-electron chi connectivity index (χ1n) is 4.38. The van der Waals surface area contributed by atoms with Gasteiger partial charge >= 0.3 is 0 Å². The predicted molar refractivity (Wildman–Crippen MR) is 60.3 cm³/mol. The zero-order chi connectivity index (χ0) is 9.10. The SMILES string of the molecule is Br.O=c1ccc(N2CCNCC2)n[nH]1. The average Bonchev–Trinajstić information content (AvgIpc) is 2.20. The van der Waals surface area contributed by atoms with Gasteiger partial charge in [0.25, 0.3) is 5.56 Å². The molecule has 2 heterocycles. The lowest BCUT2D eigenvalue weighted by atomic mass is 10.3. The van der Waals surface area contributed by atoms with Gasteiger partial charge in [-0.15, -0.1) is 17.0 Å². The van der Waals surface area contributed by atoms with Crippen LogP contribution in [0.1, 0.15) is 0 Å². The zero-order valence-corrected chi connectivity index (χ0v) is 9.41. The molecule has 0 saturated carbocycles. The summed E-state index contributed by atoms with van der Waals surface area (Å²) in [6.07, 6.45) is 0. The Hall–Kier alpha value is -0.880. The fourth-order valence-electron chi connectivity index (χ4n) is 1.41. The van der Waals surface area contributed by atoms with Crippen molar-refractivity contribution in [3.8, 4) is 0 Å². The average molecular weight is 261 g/mol. The van der Waals surface area contributed by atoms with E-state index in [1.165, 1.54) is 6.07 Å². The summed E-state index contributed by atoms with van der Waals surface area (Å²) in [6.45, 7) is 3.83. The van der Waals surface area contributed by atoms with Crippen molar-refractivity contribution >= 4 is 22.8 Å². The third-order valence-electron chi connectivity index (χ3n) is 2.11. The van der Waals surface area contributed by atoms with E-state index in [0.717, 1.165) is 32.0 Å². The molecule has 2 rings (SSSR count). The summed E-state index contributed by atoms with van der Waals surface area (Å²) in [5.41, 5.74) is -0.154. The first-order chi connectivity index (χ1) is 6.36. The topological polar surface area (TPSA) is 61.0 Å². The van der Waals surface area contributed by atoms with Gasteiger partial charge < -0.3 is 10.2 Å². The minimum Gasteiger partial charge on any atom is -0.353 e. The van der Waals surface area contributed by atoms with E-state index in [-0.39, 0.29) is 22.5 Å². The van der Waals surface area contributed by atoms with Crippen LogP contribution in [-0.2, 0) is 0 Å². The minimum atomic E-state index is -0.154. The van der Waals surface area contributed by atoms with Crippen LogP contribution in [0.3, 0.4) is 0 Å². The van der Waals surface area contributed by atoms with Crippen LogP contribution >= 0.6 is 17.0 Å². The fourth-order valence-corrected chi connectivity index (χ4v) is 1.41. The van der Waals surface area contributed by atoms with Crippen LogP contribution < -0.4 is 15.8 Å². The molecule has 5 nitrogen and oxygen atoms in total. The summed E-state index contributed by atoms with van der Waals surface area (Å²) >= 11 is 0. The number of hydrogen-bond donors (Lipinski definition) is 2. The summed E-state index contributed by atoms with van der Waals surface area (Å²) in [5, 5.41) is 9.65. The molecule has 1 saturated heterocycles. The molecular weight excluding hydrogens is 248 g/mol. The number of H-pyrrole nitrogens is 1. The minimum absolute atomic E-state index is 0. The van der Waals surface area contributed by atoms with E-state index < -0.39 is 0 Å². The third-order valence-corrected chi connectivity index (χ3v) is 2.11. The number of nitrogens with zero attached hydrogens (tertiary/aromatic N) is 2. The van der Waals surface area contributed by atoms with Crippen LogP contribution in [-0.4, -0.2) is 36.4 Å². The maximum Gasteiger partial charge on any atom is 0.264 e. The normalized spacial score (nSPS) is 16.1. The molecule has 14 heavy (non-hydrogen) atoms. The summed E-state index contributed by atoms with van der Waals surface area (Å²) in [6, 6.07) is 3.26. The van der Waals surface area contributed by atoms with Crippen molar-refractivity contribution in [2.45, 2.75) is 0 Å². The Balaban J connectivity index is 0.000000980. The second kappa shape index (κ2) is 5.11. The van der Waals surface area contributed by atoms with Crippen molar-refractivity contribution in [1.82, 2.24) is 15.5 Å². The van der Waals surface area contributed by atoms with E-state index in [0.29, 0.717) is 0 Å². The number of halogens is 1.